The molecule has 12 heteroatoms. The lowest BCUT2D eigenvalue weighted by Gasteiger charge is -2.21. The number of fused-ring (bicyclic) bond motifs is 3. The highest BCUT2D eigenvalue weighted by atomic mass is 19.4. The molecule has 0 radical (unpaired) electrons. The fourth-order valence-corrected chi connectivity index (χ4v) is 3.98. The third-order valence-corrected chi connectivity index (χ3v) is 5.50. The number of benzene rings is 2. The Hall–Kier alpha value is -4.35. The molecule has 9 nitrogen and oxygen atoms in total. The second kappa shape index (κ2) is 9.12. The van der Waals surface area contributed by atoms with Crippen LogP contribution in [0.1, 0.15) is 27.4 Å². The van der Waals surface area contributed by atoms with E-state index in [1.165, 1.54) is 12.4 Å². The molecule has 0 saturated carbocycles. The molecule has 2 amide bonds. The molecule has 1 aliphatic rings. The number of hydrogen-bond donors (Lipinski definition) is 3. The summed E-state index contributed by atoms with van der Waals surface area (Å²) >= 11 is 0. The molecule has 1 heterocycles. The van der Waals surface area contributed by atoms with Crippen LogP contribution in [0.2, 0.25) is 0 Å². The highest BCUT2D eigenvalue weighted by Crippen LogP contribution is 2.44. The van der Waals surface area contributed by atoms with Gasteiger partial charge in [0.2, 0.25) is 6.04 Å². The minimum atomic E-state index is -5.19. The van der Waals surface area contributed by atoms with Gasteiger partial charge in [0.05, 0.1) is 0 Å². The molecule has 1 aliphatic carbocycles. The van der Waals surface area contributed by atoms with E-state index in [4.69, 9.17) is 9.84 Å². The highest BCUT2D eigenvalue weighted by Gasteiger charge is 2.47. The molecule has 0 spiro atoms. The lowest BCUT2D eigenvalue weighted by molar-refractivity contribution is -0.164. The Morgan fingerprint density at radius 3 is 2.20 bits per heavy atom. The van der Waals surface area contributed by atoms with E-state index in [0.717, 1.165) is 33.1 Å². The predicted molar refractivity (Wildman–Crippen MR) is 117 cm³/mol. The number of anilines is 1. The number of amides is 2. The summed E-state index contributed by atoms with van der Waals surface area (Å²) in [5.74, 6) is -4.19. The quantitative estimate of drug-likeness (QED) is 0.488. The number of halogens is 3. The average molecular weight is 488 g/mol. The van der Waals surface area contributed by atoms with Crippen molar-refractivity contribution >= 4 is 23.8 Å². The summed E-state index contributed by atoms with van der Waals surface area (Å²) in [7, 11) is 1.33. The Labute approximate surface area is 196 Å². The summed E-state index contributed by atoms with van der Waals surface area (Å²) < 4.78 is 46.8. The number of rotatable bonds is 6. The van der Waals surface area contributed by atoms with Gasteiger partial charge in [-0.25, -0.2) is 9.59 Å². The number of aromatic carboxylic acids is 1. The van der Waals surface area contributed by atoms with Gasteiger partial charge in [0, 0.05) is 19.2 Å². The Bertz CT molecular complexity index is 1260. The molecule has 1 atom stereocenters. The first-order valence-corrected chi connectivity index (χ1v) is 10.3. The van der Waals surface area contributed by atoms with E-state index < -0.39 is 47.5 Å². The van der Waals surface area contributed by atoms with Crippen molar-refractivity contribution in [1.29, 1.82) is 0 Å². The van der Waals surface area contributed by atoms with Gasteiger partial charge in [-0.2, -0.15) is 18.3 Å². The van der Waals surface area contributed by atoms with Crippen LogP contribution in [-0.2, 0) is 16.6 Å². The number of nitrogens with zero attached hydrogens (tertiary/aromatic N) is 2. The van der Waals surface area contributed by atoms with Gasteiger partial charge >= 0.3 is 18.2 Å². The summed E-state index contributed by atoms with van der Waals surface area (Å²) in [5.41, 5.74) is 3.09. The third-order valence-electron chi connectivity index (χ3n) is 5.50. The number of hydrogen-bond acceptors (Lipinski definition) is 5. The van der Waals surface area contributed by atoms with Crippen molar-refractivity contribution in [2.24, 2.45) is 7.05 Å². The first kappa shape index (κ1) is 23.8. The van der Waals surface area contributed by atoms with Crippen molar-refractivity contribution < 1.29 is 37.4 Å². The Morgan fingerprint density at radius 1 is 1.09 bits per heavy atom. The summed E-state index contributed by atoms with van der Waals surface area (Å²) in [6.45, 7) is -0.255. The summed E-state index contributed by atoms with van der Waals surface area (Å²) in [6, 6.07) is 11.8. The van der Waals surface area contributed by atoms with Crippen LogP contribution in [-0.4, -0.2) is 51.7 Å². The van der Waals surface area contributed by atoms with Crippen LogP contribution in [0.15, 0.2) is 54.7 Å². The van der Waals surface area contributed by atoms with E-state index in [0.29, 0.717) is 0 Å². The summed E-state index contributed by atoms with van der Waals surface area (Å²) in [4.78, 5) is 35.8. The van der Waals surface area contributed by atoms with E-state index in [-0.39, 0.29) is 6.61 Å². The Kier molecular flexibility index (Phi) is 6.20. The smallest absolute Gasteiger partial charge is 0.417 e. The molecule has 35 heavy (non-hydrogen) atoms. The molecule has 1 unspecified atom stereocenters. The van der Waals surface area contributed by atoms with Gasteiger partial charge in [0.25, 0.3) is 5.91 Å². The molecule has 182 valence electrons. The maximum Gasteiger partial charge on any atom is 0.417 e. The lowest BCUT2D eigenvalue weighted by atomic mass is 9.98. The number of aromatic nitrogens is 2. The molecule has 0 bridgehead atoms. The van der Waals surface area contributed by atoms with Gasteiger partial charge < -0.3 is 20.5 Å². The van der Waals surface area contributed by atoms with E-state index in [2.05, 4.69) is 5.10 Å². The number of aryl methyl sites for hydroxylation is 1. The minimum absolute atomic E-state index is 0.255. The van der Waals surface area contributed by atoms with Gasteiger partial charge in [-0.15, -0.1) is 0 Å². The zero-order chi connectivity index (χ0) is 25.3. The van der Waals surface area contributed by atoms with Crippen LogP contribution in [0.3, 0.4) is 0 Å². The molecule has 1 aromatic heterocycles. The van der Waals surface area contributed by atoms with Crippen molar-refractivity contribution in [3.05, 3.63) is 71.4 Å². The minimum Gasteiger partial charge on any atom is -0.477 e. The van der Waals surface area contributed by atoms with E-state index in [9.17, 15) is 27.6 Å². The van der Waals surface area contributed by atoms with Gasteiger partial charge in [0.15, 0.2) is 5.82 Å². The maximum atomic E-state index is 13.6. The topological polar surface area (TPSA) is 123 Å². The molecule has 0 saturated heterocycles. The van der Waals surface area contributed by atoms with E-state index in [1.807, 2.05) is 48.5 Å². The van der Waals surface area contributed by atoms with Crippen LogP contribution in [0, 0.1) is 0 Å². The molecule has 2 aromatic carbocycles. The zero-order valence-corrected chi connectivity index (χ0v) is 18.2. The monoisotopic (exact) mass is 488 g/mol. The lowest BCUT2D eigenvalue weighted by Crippen LogP contribution is -2.53. The standard InChI is InChI=1S/C23H19F3N4O5/c1-30-10-16(21(32)33)19(29-30)28-20(31)18(23(24,25)26)27-22(34)35-11-17-14-8-4-2-6-12(14)13-7-3-5-9-15(13)17/h2-10,17-18H,11H2,1H3,(H,27,34)(H,32,33)(H,28,29,31). The van der Waals surface area contributed by atoms with Crippen molar-refractivity contribution in [3.63, 3.8) is 0 Å². The second-order valence-corrected chi connectivity index (χ2v) is 7.80. The largest absolute Gasteiger partial charge is 0.477 e. The van der Waals surface area contributed by atoms with Crippen LogP contribution in [0.25, 0.3) is 11.1 Å². The number of carboxylic acid groups (broad SMARTS) is 1. The molecular formula is C23H19F3N4O5. The summed E-state index contributed by atoms with van der Waals surface area (Å²) in [5, 5.41) is 16.1. The molecule has 3 N–H and O–H groups in total. The van der Waals surface area contributed by atoms with E-state index >= 15 is 0 Å². The number of alkyl carbamates (subject to hydrolysis) is 1. The normalized spacial score (nSPS) is 13.5. The summed E-state index contributed by atoms with van der Waals surface area (Å²) in [6.07, 6.45) is -5.63. The van der Waals surface area contributed by atoms with Crippen LogP contribution >= 0.6 is 0 Å². The fourth-order valence-electron chi connectivity index (χ4n) is 3.98. The fraction of sp³-hybridized carbons (Fsp3) is 0.217. The molecule has 0 fully saturated rings. The Balaban J connectivity index is 1.47. The predicted octanol–water partition coefficient (Wildman–Crippen LogP) is 3.53. The van der Waals surface area contributed by atoms with Crippen molar-refractivity contribution in [2.45, 2.75) is 18.1 Å². The van der Waals surface area contributed by atoms with Gasteiger partial charge in [-0.1, -0.05) is 48.5 Å². The molecular weight excluding hydrogens is 469 g/mol. The third kappa shape index (κ3) is 4.81. The van der Waals surface area contributed by atoms with Gasteiger partial charge in [-0.05, 0) is 22.3 Å². The number of alkyl halides is 3. The first-order valence-electron chi connectivity index (χ1n) is 10.3. The molecule has 4 rings (SSSR count). The van der Waals surface area contributed by atoms with Gasteiger partial charge in [0.1, 0.15) is 12.2 Å². The highest BCUT2D eigenvalue weighted by molar-refractivity contribution is 6.02. The SMILES string of the molecule is Cn1cc(C(=O)O)c(NC(=O)C(NC(=O)OCC2c3ccccc3-c3ccccc32)C(F)(F)F)n1. The van der Waals surface area contributed by atoms with Crippen molar-refractivity contribution in [3.8, 4) is 11.1 Å². The molecule has 0 aliphatic heterocycles. The van der Waals surface area contributed by atoms with Gasteiger partial charge in [-0.3, -0.25) is 9.48 Å². The molecule has 3 aromatic rings. The van der Waals surface area contributed by atoms with Crippen LogP contribution in [0.4, 0.5) is 23.8 Å². The van der Waals surface area contributed by atoms with Crippen molar-refractivity contribution in [2.75, 3.05) is 11.9 Å². The number of carbonyl (C=O) groups excluding carboxylic acids is 2. The van der Waals surface area contributed by atoms with E-state index in [1.54, 1.807) is 5.32 Å². The van der Waals surface area contributed by atoms with Crippen LogP contribution in [0.5, 0.6) is 0 Å². The van der Waals surface area contributed by atoms with Crippen molar-refractivity contribution in [1.82, 2.24) is 15.1 Å². The second-order valence-electron chi connectivity index (χ2n) is 7.80. The number of carboxylic acids is 1. The first-order chi connectivity index (χ1) is 16.6. The Morgan fingerprint density at radius 2 is 1.66 bits per heavy atom. The zero-order valence-electron chi connectivity index (χ0n) is 18.2. The maximum absolute atomic E-state index is 13.6. The number of nitrogens with one attached hydrogen (secondary N) is 2. The average Bonchev–Trinajstić information content (AvgIpc) is 3.32. The number of carbonyl (C=O) groups is 3. The van der Waals surface area contributed by atoms with Crippen LogP contribution < -0.4 is 10.6 Å². The number of ether oxygens (including phenoxy) is 1.